The molecule has 0 N–H and O–H groups in total. The third-order valence-corrected chi connectivity index (χ3v) is 3.89. The number of hydrogen-bond donors (Lipinski definition) is 0. The fourth-order valence-corrected chi connectivity index (χ4v) is 3.24. The Hall–Kier alpha value is -0.860. The molecule has 2 fully saturated rings. The zero-order valence-corrected chi connectivity index (χ0v) is 7.43. The van der Waals surface area contributed by atoms with E-state index in [1.54, 1.807) is 0 Å². The lowest BCUT2D eigenvalue weighted by Crippen LogP contribution is -2.33. The predicted octanol–water partition coefficient (Wildman–Crippen LogP) is 1.86. The summed E-state index contributed by atoms with van der Waals surface area (Å²) in [6, 6.07) is -0.248. The molecule has 0 radical (unpaired) electrons. The van der Waals surface area contributed by atoms with Crippen LogP contribution in [0.15, 0.2) is 12.2 Å². The summed E-state index contributed by atoms with van der Waals surface area (Å²) in [5.41, 5.74) is 0. The van der Waals surface area contributed by atoms with Crippen LogP contribution < -0.4 is 0 Å². The van der Waals surface area contributed by atoms with Gasteiger partial charge in [0, 0.05) is 16.8 Å². The Bertz CT molecular complexity index is 283. The van der Waals surface area contributed by atoms with Crippen molar-refractivity contribution in [3.05, 3.63) is 22.3 Å². The molecule has 3 heteroatoms. The summed E-state index contributed by atoms with van der Waals surface area (Å²) in [5, 5.41) is 10.9. The highest BCUT2D eigenvalue weighted by atomic mass is 16.6. The Kier molecular flexibility index (Phi) is 1.35. The van der Waals surface area contributed by atoms with E-state index in [1.807, 2.05) is 0 Å². The van der Waals surface area contributed by atoms with Crippen LogP contribution in [0.5, 0.6) is 0 Å². The van der Waals surface area contributed by atoms with Gasteiger partial charge in [-0.25, -0.2) is 0 Å². The molecule has 3 rings (SSSR count). The zero-order chi connectivity index (χ0) is 9.00. The third-order valence-electron chi connectivity index (χ3n) is 3.89. The highest BCUT2D eigenvalue weighted by molar-refractivity contribution is 5.16. The molecule has 13 heavy (non-hydrogen) atoms. The molecule has 0 aromatic heterocycles. The van der Waals surface area contributed by atoms with Crippen LogP contribution in [0.2, 0.25) is 0 Å². The lowest BCUT2D eigenvalue weighted by atomic mass is 9.85. The van der Waals surface area contributed by atoms with Crippen LogP contribution in [-0.4, -0.2) is 11.0 Å². The standard InChI is InChI=1S/C10H13NO2/c12-11(13)10-8-4-3-7(5-8)9(10)6-1-2-6/h3-4,6-10H,1-2,5H2/t7-,8+,9-,10-/m0/s1. The highest BCUT2D eigenvalue weighted by Gasteiger charge is 2.56. The van der Waals surface area contributed by atoms with Crippen LogP contribution in [0.1, 0.15) is 19.3 Å². The van der Waals surface area contributed by atoms with Gasteiger partial charge in [0.25, 0.3) is 0 Å². The number of nitrogens with zero attached hydrogens (tertiary/aromatic N) is 1. The molecule has 0 aromatic rings. The number of nitro groups is 1. The van der Waals surface area contributed by atoms with Crippen LogP contribution >= 0.6 is 0 Å². The molecular weight excluding hydrogens is 166 g/mol. The molecule has 3 nitrogen and oxygen atoms in total. The van der Waals surface area contributed by atoms with E-state index in [4.69, 9.17) is 0 Å². The Morgan fingerprint density at radius 3 is 2.54 bits per heavy atom. The lowest BCUT2D eigenvalue weighted by Gasteiger charge is -2.20. The summed E-state index contributed by atoms with van der Waals surface area (Å²) in [6.45, 7) is 0. The van der Waals surface area contributed by atoms with Gasteiger partial charge in [-0.05, 0) is 31.1 Å². The van der Waals surface area contributed by atoms with Crippen LogP contribution in [-0.2, 0) is 0 Å². The van der Waals surface area contributed by atoms with Crippen LogP contribution in [0, 0.1) is 33.8 Å². The lowest BCUT2D eigenvalue weighted by molar-refractivity contribution is -0.536. The maximum Gasteiger partial charge on any atom is 0.222 e. The summed E-state index contributed by atoms with van der Waals surface area (Å²) in [7, 11) is 0. The van der Waals surface area contributed by atoms with Crippen LogP contribution in [0.4, 0.5) is 0 Å². The van der Waals surface area contributed by atoms with E-state index in [9.17, 15) is 10.1 Å². The molecule has 0 heterocycles. The van der Waals surface area contributed by atoms with Gasteiger partial charge < -0.3 is 0 Å². The van der Waals surface area contributed by atoms with Crippen molar-refractivity contribution in [3.8, 4) is 0 Å². The highest BCUT2D eigenvalue weighted by Crippen LogP contribution is 2.54. The van der Waals surface area contributed by atoms with E-state index >= 15 is 0 Å². The normalized spacial score (nSPS) is 47.1. The van der Waals surface area contributed by atoms with Gasteiger partial charge in [-0.15, -0.1) is 0 Å². The first-order chi connectivity index (χ1) is 6.27. The van der Waals surface area contributed by atoms with Crippen LogP contribution in [0.25, 0.3) is 0 Å². The SMILES string of the molecule is O=[N+]([O-])[C@@H]1[C@@H](C2CC2)[C@H]2C=C[C@@H]1C2. The summed E-state index contributed by atoms with van der Waals surface area (Å²) < 4.78 is 0. The fraction of sp³-hybridized carbons (Fsp3) is 0.800. The fourth-order valence-electron chi connectivity index (χ4n) is 3.24. The maximum atomic E-state index is 10.9. The largest absolute Gasteiger partial charge is 0.264 e. The van der Waals surface area contributed by atoms with E-state index in [0.29, 0.717) is 17.8 Å². The zero-order valence-electron chi connectivity index (χ0n) is 7.43. The first-order valence-electron chi connectivity index (χ1n) is 5.09. The van der Waals surface area contributed by atoms with Gasteiger partial charge in [0.1, 0.15) is 0 Å². The summed E-state index contributed by atoms with van der Waals surface area (Å²) in [4.78, 5) is 10.9. The quantitative estimate of drug-likeness (QED) is 0.369. The number of allylic oxidation sites excluding steroid dienone is 1. The topological polar surface area (TPSA) is 43.1 Å². The molecule has 2 saturated carbocycles. The van der Waals surface area contributed by atoms with Crippen molar-refractivity contribution >= 4 is 0 Å². The molecule has 3 aliphatic rings. The van der Waals surface area contributed by atoms with Crippen molar-refractivity contribution in [3.63, 3.8) is 0 Å². The van der Waals surface area contributed by atoms with Crippen molar-refractivity contribution in [2.45, 2.75) is 25.3 Å². The second-order valence-corrected chi connectivity index (χ2v) is 4.64. The van der Waals surface area contributed by atoms with Gasteiger partial charge >= 0.3 is 0 Å². The van der Waals surface area contributed by atoms with Gasteiger partial charge in [0.2, 0.25) is 6.04 Å². The minimum absolute atomic E-state index is 0.0306. The maximum absolute atomic E-state index is 10.9. The summed E-state index contributed by atoms with van der Waals surface area (Å²) in [5.74, 6) is 1.85. The van der Waals surface area contributed by atoms with Gasteiger partial charge in [-0.2, -0.15) is 0 Å². The smallest absolute Gasteiger partial charge is 0.222 e. The predicted molar refractivity (Wildman–Crippen MR) is 47.7 cm³/mol. The Morgan fingerprint density at radius 2 is 1.92 bits per heavy atom. The molecule has 2 bridgehead atoms. The van der Waals surface area contributed by atoms with E-state index in [2.05, 4.69) is 12.2 Å². The second kappa shape index (κ2) is 2.34. The van der Waals surface area contributed by atoms with E-state index in [0.717, 1.165) is 6.42 Å². The Morgan fingerprint density at radius 1 is 1.23 bits per heavy atom. The van der Waals surface area contributed by atoms with Crippen LogP contribution in [0.3, 0.4) is 0 Å². The van der Waals surface area contributed by atoms with Crippen molar-refractivity contribution in [2.24, 2.45) is 23.7 Å². The molecule has 4 atom stereocenters. The van der Waals surface area contributed by atoms with Gasteiger partial charge in [-0.1, -0.05) is 12.2 Å². The Balaban J connectivity index is 1.91. The molecule has 0 unspecified atom stereocenters. The molecule has 0 aromatic carbocycles. The monoisotopic (exact) mass is 179 g/mol. The van der Waals surface area contributed by atoms with Crippen molar-refractivity contribution in [2.75, 3.05) is 0 Å². The number of rotatable bonds is 2. The summed E-state index contributed by atoms with van der Waals surface area (Å²) >= 11 is 0. The van der Waals surface area contributed by atoms with Gasteiger partial charge in [0.05, 0.1) is 0 Å². The number of fused-ring (bicyclic) bond motifs is 2. The minimum atomic E-state index is -0.248. The Labute approximate surface area is 77.0 Å². The first kappa shape index (κ1) is 7.54. The van der Waals surface area contributed by atoms with E-state index in [1.165, 1.54) is 12.8 Å². The molecule has 0 amide bonds. The summed E-state index contributed by atoms with van der Waals surface area (Å²) in [6.07, 6.45) is 7.79. The van der Waals surface area contributed by atoms with Crippen molar-refractivity contribution in [1.82, 2.24) is 0 Å². The van der Waals surface area contributed by atoms with E-state index in [-0.39, 0.29) is 16.9 Å². The van der Waals surface area contributed by atoms with Gasteiger partial charge in [0.15, 0.2) is 0 Å². The molecule has 0 spiro atoms. The average Bonchev–Trinajstić information content (AvgIpc) is 2.73. The average molecular weight is 179 g/mol. The van der Waals surface area contributed by atoms with Gasteiger partial charge in [-0.3, -0.25) is 10.1 Å². The van der Waals surface area contributed by atoms with Crippen molar-refractivity contribution < 1.29 is 4.92 Å². The second-order valence-electron chi connectivity index (χ2n) is 4.64. The molecule has 3 aliphatic carbocycles. The minimum Gasteiger partial charge on any atom is -0.264 e. The molecule has 0 saturated heterocycles. The first-order valence-corrected chi connectivity index (χ1v) is 5.09. The van der Waals surface area contributed by atoms with Crippen molar-refractivity contribution in [1.29, 1.82) is 0 Å². The van der Waals surface area contributed by atoms with E-state index < -0.39 is 0 Å². The third kappa shape index (κ3) is 0.960. The molecule has 70 valence electrons. The number of hydrogen-bond acceptors (Lipinski definition) is 2. The molecule has 0 aliphatic heterocycles. The molecular formula is C10H13NO2.